The Kier molecular flexibility index (Phi) is 4.72. The molecule has 2 rings (SSSR count). The molecule has 0 saturated carbocycles. The highest BCUT2D eigenvalue weighted by molar-refractivity contribution is 7.71. The number of ether oxygens (including phenoxy) is 1. The number of benzene rings is 1. The van der Waals surface area contributed by atoms with E-state index in [9.17, 15) is 17.6 Å². The summed E-state index contributed by atoms with van der Waals surface area (Å²) in [5.41, 5.74) is -0.448. The largest absolute Gasteiger partial charge is 0.489 e. The van der Waals surface area contributed by atoms with Gasteiger partial charge in [-0.3, -0.25) is 4.57 Å². The van der Waals surface area contributed by atoms with Crippen LogP contribution in [-0.2, 0) is 13.2 Å². The number of aryl methyl sites for hydroxylation is 1. The molecule has 1 heterocycles. The summed E-state index contributed by atoms with van der Waals surface area (Å²) in [6.45, 7) is 3.42. The van der Waals surface area contributed by atoms with E-state index < -0.39 is 23.5 Å². The van der Waals surface area contributed by atoms with Crippen molar-refractivity contribution in [1.29, 1.82) is 0 Å². The van der Waals surface area contributed by atoms with Crippen LogP contribution in [0, 0.1) is 10.6 Å². The molecule has 0 aliphatic rings. The third-order valence-corrected chi connectivity index (χ3v) is 3.53. The molecule has 0 radical (unpaired) electrons. The number of alkyl halides is 3. The smallest absolute Gasteiger partial charge is 0.452 e. The highest BCUT2D eigenvalue weighted by Crippen LogP contribution is 2.34. The van der Waals surface area contributed by atoms with Crippen molar-refractivity contribution in [1.82, 2.24) is 14.3 Å². The van der Waals surface area contributed by atoms with E-state index in [0.717, 1.165) is 16.8 Å². The number of nitrogens with zero attached hydrogens (tertiary/aromatic N) is 3. The first-order chi connectivity index (χ1) is 10.5. The lowest BCUT2D eigenvalue weighted by molar-refractivity contribution is -0.146. The standard InChI is InChI=1S/C13H12ClF4N3OS/c1-6(2)22-10-5-8(15)9(4-7(10)14)21-11(13(16,17)18)19-20(3)12(21)23/h4-6H,1-3H3. The fraction of sp³-hybridized carbons (Fsp3) is 0.385. The van der Waals surface area contributed by atoms with Gasteiger partial charge in [0, 0.05) is 13.1 Å². The Morgan fingerprint density at radius 1 is 1.30 bits per heavy atom. The summed E-state index contributed by atoms with van der Waals surface area (Å²) < 4.78 is 59.9. The number of rotatable bonds is 3. The quantitative estimate of drug-likeness (QED) is 0.588. The van der Waals surface area contributed by atoms with Crippen LogP contribution in [0.4, 0.5) is 17.6 Å². The Hall–Kier alpha value is -1.61. The summed E-state index contributed by atoms with van der Waals surface area (Å²) in [6, 6.07) is 1.95. The van der Waals surface area contributed by atoms with Gasteiger partial charge in [-0.25, -0.2) is 9.07 Å². The molecule has 0 aliphatic carbocycles. The molecule has 23 heavy (non-hydrogen) atoms. The van der Waals surface area contributed by atoms with E-state index in [-0.39, 0.29) is 21.6 Å². The minimum atomic E-state index is -4.80. The van der Waals surface area contributed by atoms with E-state index in [1.807, 2.05) is 0 Å². The Morgan fingerprint density at radius 3 is 2.43 bits per heavy atom. The molecule has 0 N–H and O–H groups in total. The minimum Gasteiger partial charge on any atom is -0.489 e. The Bertz CT molecular complexity index is 798. The summed E-state index contributed by atoms with van der Waals surface area (Å²) in [7, 11) is 1.24. The van der Waals surface area contributed by atoms with Gasteiger partial charge in [-0.05, 0) is 32.1 Å². The van der Waals surface area contributed by atoms with Gasteiger partial charge in [-0.15, -0.1) is 5.10 Å². The van der Waals surface area contributed by atoms with Gasteiger partial charge in [0.25, 0.3) is 0 Å². The van der Waals surface area contributed by atoms with Crippen LogP contribution in [0.5, 0.6) is 5.75 Å². The molecule has 4 nitrogen and oxygen atoms in total. The fourth-order valence-corrected chi connectivity index (χ4v) is 2.33. The fourth-order valence-electron chi connectivity index (χ4n) is 1.90. The van der Waals surface area contributed by atoms with Crippen LogP contribution in [0.2, 0.25) is 5.02 Å². The predicted octanol–water partition coefficient (Wildman–Crippen LogP) is 4.54. The zero-order valence-corrected chi connectivity index (χ0v) is 13.9. The first-order valence-corrected chi connectivity index (χ1v) is 7.20. The lowest BCUT2D eigenvalue weighted by Crippen LogP contribution is -2.15. The average Bonchev–Trinajstić information content (AvgIpc) is 2.69. The van der Waals surface area contributed by atoms with Gasteiger partial charge >= 0.3 is 6.18 Å². The van der Waals surface area contributed by atoms with Crippen LogP contribution in [0.1, 0.15) is 19.7 Å². The normalized spacial score (nSPS) is 12.0. The Morgan fingerprint density at radius 2 is 1.91 bits per heavy atom. The number of aromatic nitrogens is 3. The Balaban J connectivity index is 2.69. The van der Waals surface area contributed by atoms with Gasteiger partial charge in [0.2, 0.25) is 10.6 Å². The highest BCUT2D eigenvalue weighted by Gasteiger charge is 2.39. The van der Waals surface area contributed by atoms with Crippen molar-refractivity contribution >= 4 is 23.8 Å². The Labute approximate surface area is 139 Å². The molecule has 126 valence electrons. The second kappa shape index (κ2) is 6.12. The third kappa shape index (κ3) is 3.50. The van der Waals surface area contributed by atoms with Crippen molar-refractivity contribution in [2.24, 2.45) is 7.05 Å². The maximum Gasteiger partial charge on any atom is 0.452 e. The van der Waals surface area contributed by atoms with Crippen LogP contribution in [-0.4, -0.2) is 20.5 Å². The third-order valence-electron chi connectivity index (χ3n) is 2.78. The van der Waals surface area contributed by atoms with Crippen molar-refractivity contribution in [3.8, 4) is 11.4 Å². The summed E-state index contributed by atoms with van der Waals surface area (Å²) in [6.07, 6.45) is -5.08. The van der Waals surface area contributed by atoms with E-state index in [1.54, 1.807) is 13.8 Å². The topological polar surface area (TPSA) is 32.0 Å². The number of halogens is 5. The van der Waals surface area contributed by atoms with Crippen LogP contribution in [0.3, 0.4) is 0 Å². The molecule has 0 spiro atoms. The van der Waals surface area contributed by atoms with Crippen LogP contribution in [0.15, 0.2) is 12.1 Å². The van der Waals surface area contributed by atoms with Gasteiger partial charge in [0.05, 0.1) is 16.8 Å². The summed E-state index contributed by atoms with van der Waals surface area (Å²) in [4.78, 5) is 0. The molecule has 0 bridgehead atoms. The highest BCUT2D eigenvalue weighted by atomic mass is 35.5. The molecule has 1 aromatic carbocycles. The molecule has 0 aliphatic heterocycles. The molecule has 0 fully saturated rings. The molecule has 0 saturated heterocycles. The maximum absolute atomic E-state index is 14.3. The van der Waals surface area contributed by atoms with Crippen LogP contribution < -0.4 is 4.74 Å². The van der Waals surface area contributed by atoms with Gasteiger partial charge < -0.3 is 4.74 Å². The lowest BCUT2D eigenvalue weighted by atomic mass is 10.2. The van der Waals surface area contributed by atoms with E-state index in [1.165, 1.54) is 7.05 Å². The van der Waals surface area contributed by atoms with Crippen molar-refractivity contribution in [3.63, 3.8) is 0 Å². The van der Waals surface area contributed by atoms with Crippen LogP contribution >= 0.6 is 23.8 Å². The minimum absolute atomic E-state index is 0.0334. The molecule has 1 aromatic heterocycles. The maximum atomic E-state index is 14.3. The summed E-state index contributed by atoms with van der Waals surface area (Å²) in [5.74, 6) is -2.26. The molecular weight excluding hydrogens is 358 g/mol. The summed E-state index contributed by atoms with van der Waals surface area (Å²) >= 11 is 10.9. The molecule has 0 amide bonds. The van der Waals surface area contributed by atoms with Gasteiger partial charge in [0.1, 0.15) is 5.75 Å². The van der Waals surface area contributed by atoms with Crippen molar-refractivity contribution < 1.29 is 22.3 Å². The summed E-state index contributed by atoms with van der Waals surface area (Å²) in [5, 5.41) is 3.28. The first kappa shape index (κ1) is 17.7. The SMILES string of the molecule is CC(C)Oc1cc(F)c(-n2c(C(F)(F)F)nn(C)c2=S)cc1Cl. The predicted molar refractivity (Wildman–Crippen MR) is 79.1 cm³/mol. The number of hydrogen-bond acceptors (Lipinski definition) is 3. The van der Waals surface area contributed by atoms with E-state index in [0.29, 0.717) is 4.57 Å². The van der Waals surface area contributed by atoms with Crippen molar-refractivity contribution in [3.05, 3.63) is 33.6 Å². The molecule has 0 atom stereocenters. The lowest BCUT2D eigenvalue weighted by Gasteiger charge is -2.15. The zero-order chi connectivity index (χ0) is 17.5. The van der Waals surface area contributed by atoms with Crippen molar-refractivity contribution in [2.45, 2.75) is 26.1 Å². The van der Waals surface area contributed by atoms with Crippen LogP contribution in [0.25, 0.3) is 5.69 Å². The van der Waals surface area contributed by atoms with Gasteiger partial charge in [-0.2, -0.15) is 13.2 Å². The second-order valence-electron chi connectivity index (χ2n) is 4.96. The first-order valence-electron chi connectivity index (χ1n) is 6.41. The molecule has 0 unspecified atom stereocenters. The molecule has 10 heteroatoms. The van der Waals surface area contributed by atoms with Crippen molar-refractivity contribution in [2.75, 3.05) is 0 Å². The van der Waals surface area contributed by atoms with E-state index in [4.69, 9.17) is 28.6 Å². The number of hydrogen-bond donors (Lipinski definition) is 0. The second-order valence-corrected chi connectivity index (χ2v) is 5.74. The average molecular weight is 370 g/mol. The van der Waals surface area contributed by atoms with E-state index in [2.05, 4.69) is 5.10 Å². The zero-order valence-electron chi connectivity index (χ0n) is 12.3. The molecular formula is C13H12ClF4N3OS. The molecule has 2 aromatic rings. The van der Waals surface area contributed by atoms with Gasteiger partial charge in [0.15, 0.2) is 5.82 Å². The monoisotopic (exact) mass is 369 g/mol. The van der Waals surface area contributed by atoms with E-state index >= 15 is 0 Å². The van der Waals surface area contributed by atoms with Gasteiger partial charge in [-0.1, -0.05) is 11.6 Å².